The molecule has 4 amide bonds. The number of rotatable bonds is 8. The maximum Gasteiger partial charge on any atom is 0.410 e. The van der Waals surface area contributed by atoms with E-state index < -0.39 is 41.0 Å². The highest BCUT2D eigenvalue weighted by Gasteiger charge is 2.45. The third-order valence-corrected chi connectivity index (χ3v) is 10.3. The van der Waals surface area contributed by atoms with Crippen molar-refractivity contribution >= 4 is 41.0 Å². The average Bonchev–Trinajstić information content (AvgIpc) is 3.71. The molecule has 3 N–H and O–H groups in total. The number of hydrogen-bond acceptors (Lipinski definition) is 10. The van der Waals surface area contributed by atoms with Crippen LogP contribution < -0.4 is 15.5 Å². The van der Waals surface area contributed by atoms with E-state index in [1.54, 1.807) is 28.4 Å². The Balaban J connectivity index is 1.21. The molecule has 0 radical (unpaired) electrons. The number of ether oxygens (including phenoxy) is 1. The fourth-order valence-electron chi connectivity index (χ4n) is 6.38. The van der Waals surface area contributed by atoms with Gasteiger partial charge in [0.05, 0.1) is 33.8 Å². The predicted molar refractivity (Wildman–Crippen MR) is 200 cm³/mol. The first-order valence-electron chi connectivity index (χ1n) is 17.7. The van der Waals surface area contributed by atoms with Gasteiger partial charge in [0, 0.05) is 45.3 Å². The smallest absolute Gasteiger partial charge is 0.410 e. The number of likely N-dealkylation sites (tertiary alicyclic amines) is 1. The maximum atomic E-state index is 14.1. The van der Waals surface area contributed by atoms with Crippen LogP contribution in [-0.4, -0.2) is 105 Å². The Morgan fingerprint density at radius 1 is 0.942 bits per heavy atom. The number of nitrogens with one attached hydrogen (secondary N) is 2. The summed E-state index contributed by atoms with van der Waals surface area (Å²) in [6.07, 6.45) is 0.341. The highest BCUT2D eigenvalue weighted by molar-refractivity contribution is 7.13. The first-order chi connectivity index (χ1) is 24.4. The molecule has 2 aliphatic rings. The molecule has 2 saturated heterocycles. The van der Waals surface area contributed by atoms with Crippen molar-refractivity contribution in [3.8, 4) is 10.4 Å². The Kier molecular flexibility index (Phi) is 11.6. The number of pyridine rings is 1. The summed E-state index contributed by atoms with van der Waals surface area (Å²) in [6, 6.07) is 9.11. The first-order valence-corrected chi connectivity index (χ1v) is 18.6. The van der Waals surface area contributed by atoms with Gasteiger partial charge in [-0.1, -0.05) is 45.0 Å². The van der Waals surface area contributed by atoms with Crippen LogP contribution in [0, 0.1) is 12.3 Å². The molecule has 13 nitrogen and oxygen atoms in total. The van der Waals surface area contributed by atoms with E-state index in [9.17, 15) is 24.3 Å². The zero-order valence-electron chi connectivity index (χ0n) is 31.3. The van der Waals surface area contributed by atoms with Gasteiger partial charge in [0.2, 0.25) is 11.8 Å². The van der Waals surface area contributed by atoms with Crippen LogP contribution >= 0.6 is 11.3 Å². The van der Waals surface area contributed by atoms with Crippen molar-refractivity contribution in [3.63, 3.8) is 0 Å². The number of aliphatic hydroxyl groups is 1. The molecule has 0 spiro atoms. The average molecular weight is 734 g/mol. The van der Waals surface area contributed by atoms with Crippen LogP contribution in [0.4, 0.5) is 10.6 Å². The van der Waals surface area contributed by atoms with Crippen molar-refractivity contribution in [3.05, 3.63) is 64.9 Å². The van der Waals surface area contributed by atoms with Gasteiger partial charge in [-0.2, -0.15) is 0 Å². The van der Waals surface area contributed by atoms with E-state index >= 15 is 0 Å². The van der Waals surface area contributed by atoms with Crippen LogP contribution in [0.1, 0.15) is 82.5 Å². The predicted octanol–water partition coefficient (Wildman–Crippen LogP) is 4.55. The van der Waals surface area contributed by atoms with Crippen LogP contribution in [0.3, 0.4) is 0 Å². The van der Waals surface area contributed by atoms with Gasteiger partial charge in [0.1, 0.15) is 23.5 Å². The molecular formula is C38H51N7O6S. The quantitative estimate of drug-likeness (QED) is 0.302. The van der Waals surface area contributed by atoms with Gasteiger partial charge < -0.3 is 35.2 Å². The van der Waals surface area contributed by atoms with E-state index in [4.69, 9.17) is 4.74 Å². The summed E-state index contributed by atoms with van der Waals surface area (Å²) in [5.41, 5.74) is 3.73. The number of carbonyl (C=O) groups is 4. The minimum Gasteiger partial charge on any atom is -0.444 e. The molecule has 1 unspecified atom stereocenters. The van der Waals surface area contributed by atoms with Crippen molar-refractivity contribution in [1.29, 1.82) is 0 Å². The molecule has 4 heterocycles. The van der Waals surface area contributed by atoms with Crippen LogP contribution in [-0.2, 0) is 14.3 Å². The van der Waals surface area contributed by atoms with E-state index in [1.807, 2.05) is 90.1 Å². The van der Waals surface area contributed by atoms with E-state index in [1.165, 1.54) is 11.1 Å². The Labute approximate surface area is 309 Å². The zero-order chi connectivity index (χ0) is 38.0. The fourth-order valence-corrected chi connectivity index (χ4v) is 7.19. The van der Waals surface area contributed by atoms with Crippen molar-refractivity contribution in [2.45, 2.75) is 91.6 Å². The number of carbonyl (C=O) groups excluding carboxylic acids is 4. The molecule has 2 fully saturated rings. The summed E-state index contributed by atoms with van der Waals surface area (Å²) >= 11 is 1.57. The van der Waals surface area contributed by atoms with E-state index in [-0.39, 0.29) is 36.6 Å². The van der Waals surface area contributed by atoms with Crippen LogP contribution in [0.25, 0.3) is 10.4 Å². The summed E-state index contributed by atoms with van der Waals surface area (Å²) in [5.74, 6) is -0.621. The minimum atomic E-state index is -0.985. The number of benzene rings is 1. The van der Waals surface area contributed by atoms with Gasteiger partial charge in [0.15, 0.2) is 0 Å². The number of aryl methyl sites for hydroxylation is 1. The molecule has 5 rings (SSSR count). The van der Waals surface area contributed by atoms with Crippen molar-refractivity contribution in [2.75, 3.05) is 37.6 Å². The van der Waals surface area contributed by atoms with E-state index in [2.05, 4.69) is 20.6 Å². The molecule has 14 heteroatoms. The summed E-state index contributed by atoms with van der Waals surface area (Å²) in [5, 5.41) is 16.5. The lowest BCUT2D eigenvalue weighted by atomic mass is 9.85. The van der Waals surface area contributed by atoms with Crippen molar-refractivity contribution < 1.29 is 29.0 Å². The molecule has 4 atom stereocenters. The number of aliphatic hydroxyl groups excluding tert-OH is 1. The Morgan fingerprint density at radius 3 is 2.17 bits per heavy atom. The number of piperazine rings is 1. The van der Waals surface area contributed by atoms with E-state index in [0.29, 0.717) is 32.0 Å². The standard InChI is InChI=1S/C38H51N7O6S/c1-23(25-9-11-26(12-10-25)31-24(2)40-22-52-31)41-34(48)29-19-28(46)21-45(29)35(49)32(37(3,4)5)42-33(47)27-13-14-30(39-20-27)43-15-17-44(18-16-43)36(50)51-38(6,7)8/h9-14,20,22-23,28-29,32,46H,15-19,21H2,1-8H3,(H,41,48)(H,42,47)/t23-,28+,29-,32?/m0/s1. The molecule has 280 valence electrons. The number of β-amino-alcohol motifs (C(OH)–C–C–N with tert-alkyl or cyclic N) is 1. The monoisotopic (exact) mass is 733 g/mol. The molecule has 0 saturated carbocycles. The third-order valence-electron chi connectivity index (χ3n) is 9.30. The molecule has 52 heavy (non-hydrogen) atoms. The van der Waals surface area contributed by atoms with Gasteiger partial charge in [-0.05, 0) is 63.3 Å². The number of amides is 4. The number of aromatic nitrogens is 2. The second-order valence-electron chi connectivity index (χ2n) is 15.6. The molecule has 1 aromatic carbocycles. The van der Waals surface area contributed by atoms with Crippen molar-refractivity contribution in [1.82, 2.24) is 30.4 Å². The summed E-state index contributed by atoms with van der Waals surface area (Å²) in [7, 11) is 0. The Hall–Kier alpha value is -4.56. The van der Waals surface area contributed by atoms with Gasteiger partial charge in [0.25, 0.3) is 5.91 Å². The second kappa shape index (κ2) is 15.6. The van der Waals surface area contributed by atoms with Gasteiger partial charge in [-0.3, -0.25) is 14.4 Å². The highest BCUT2D eigenvalue weighted by atomic mass is 32.1. The molecular weight excluding hydrogens is 683 g/mol. The lowest BCUT2D eigenvalue weighted by Gasteiger charge is -2.36. The molecule has 2 aromatic heterocycles. The Morgan fingerprint density at radius 2 is 1.62 bits per heavy atom. The number of anilines is 1. The van der Waals surface area contributed by atoms with Gasteiger partial charge >= 0.3 is 6.09 Å². The first kappa shape index (κ1) is 38.7. The highest BCUT2D eigenvalue weighted by Crippen LogP contribution is 2.30. The summed E-state index contributed by atoms with van der Waals surface area (Å²) < 4.78 is 5.48. The molecule has 0 aliphatic carbocycles. The maximum absolute atomic E-state index is 14.1. The van der Waals surface area contributed by atoms with E-state index in [0.717, 1.165) is 21.7 Å². The molecule has 0 bridgehead atoms. The fraction of sp³-hybridized carbons (Fsp3) is 0.526. The summed E-state index contributed by atoms with van der Waals surface area (Å²) in [6.45, 7) is 17.0. The second-order valence-corrected chi connectivity index (χ2v) is 16.5. The minimum absolute atomic E-state index is 0.0198. The molecule has 3 aromatic rings. The normalized spacial score (nSPS) is 19.2. The zero-order valence-corrected chi connectivity index (χ0v) is 32.1. The topological polar surface area (TPSA) is 157 Å². The number of thiazole rings is 1. The summed E-state index contributed by atoms with van der Waals surface area (Å²) in [4.78, 5) is 68.7. The van der Waals surface area contributed by atoms with Crippen molar-refractivity contribution in [2.24, 2.45) is 5.41 Å². The van der Waals surface area contributed by atoms with Crippen LogP contribution in [0.15, 0.2) is 48.1 Å². The lowest BCUT2D eigenvalue weighted by molar-refractivity contribution is -0.142. The van der Waals surface area contributed by atoms with Crippen LogP contribution in [0.2, 0.25) is 0 Å². The molecule has 2 aliphatic heterocycles. The van der Waals surface area contributed by atoms with Crippen LogP contribution in [0.5, 0.6) is 0 Å². The van der Waals surface area contributed by atoms with Gasteiger partial charge in [-0.15, -0.1) is 11.3 Å². The number of hydrogen-bond donors (Lipinski definition) is 3. The van der Waals surface area contributed by atoms with Gasteiger partial charge in [-0.25, -0.2) is 14.8 Å². The SMILES string of the molecule is Cc1ncsc1-c1ccc([C@H](C)NC(=O)[C@@H]2C[C@@H](O)CN2C(=O)C(NC(=O)c2ccc(N3CCN(C(=O)OC(C)(C)C)CC3)nc2)C(C)(C)C)cc1. The number of nitrogens with zero attached hydrogens (tertiary/aromatic N) is 5. The Bertz CT molecular complexity index is 1740. The third kappa shape index (κ3) is 9.26. The largest absolute Gasteiger partial charge is 0.444 e. The lowest BCUT2D eigenvalue weighted by Crippen LogP contribution is -2.57.